The smallest absolute Gasteiger partial charge is 0.271 e. The highest BCUT2D eigenvalue weighted by molar-refractivity contribution is 7.89. The summed E-state index contributed by atoms with van der Waals surface area (Å²) in [5.74, 6) is -0.373. The van der Waals surface area contributed by atoms with E-state index in [-0.39, 0.29) is 27.7 Å². The summed E-state index contributed by atoms with van der Waals surface area (Å²) >= 11 is 6.06. The fourth-order valence-electron chi connectivity index (χ4n) is 3.03. The van der Waals surface area contributed by atoms with Crippen molar-refractivity contribution in [2.75, 3.05) is 12.4 Å². The molecule has 0 bridgehead atoms. The van der Waals surface area contributed by atoms with Crippen LogP contribution in [-0.2, 0) is 21.2 Å². The van der Waals surface area contributed by atoms with Crippen molar-refractivity contribution in [3.8, 4) is 5.75 Å². The van der Waals surface area contributed by atoms with Crippen molar-refractivity contribution in [1.29, 1.82) is 0 Å². The van der Waals surface area contributed by atoms with Crippen molar-refractivity contribution in [1.82, 2.24) is 4.72 Å². The molecule has 0 fully saturated rings. The van der Waals surface area contributed by atoms with Gasteiger partial charge in [-0.25, -0.2) is 8.42 Å². The molecule has 1 atom stereocenters. The molecule has 0 radical (unpaired) electrons. The lowest BCUT2D eigenvalue weighted by Crippen LogP contribution is -2.45. The van der Waals surface area contributed by atoms with Crippen LogP contribution in [0.25, 0.3) is 0 Å². The van der Waals surface area contributed by atoms with Gasteiger partial charge in [0, 0.05) is 17.8 Å². The van der Waals surface area contributed by atoms with Gasteiger partial charge in [-0.05, 0) is 36.2 Å². The zero-order valence-electron chi connectivity index (χ0n) is 17.4. The number of methoxy groups -OCH3 is 1. The van der Waals surface area contributed by atoms with Gasteiger partial charge in [-0.2, -0.15) is 4.72 Å². The molecule has 2 N–H and O–H groups in total. The van der Waals surface area contributed by atoms with E-state index in [1.807, 2.05) is 0 Å². The van der Waals surface area contributed by atoms with Crippen molar-refractivity contribution in [2.24, 2.45) is 0 Å². The molecule has 0 saturated heterocycles. The van der Waals surface area contributed by atoms with E-state index in [9.17, 15) is 23.3 Å². The Bertz CT molecular complexity index is 1270. The van der Waals surface area contributed by atoms with Crippen molar-refractivity contribution < 1.29 is 22.9 Å². The van der Waals surface area contributed by atoms with Crippen LogP contribution in [0.2, 0.25) is 5.02 Å². The van der Waals surface area contributed by atoms with E-state index in [1.165, 1.54) is 49.6 Å². The van der Waals surface area contributed by atoms with Gasteiger partial charge in [0.05, 0.1) is 22.0 Å². The minimum atomic E-state index is -4.15. The maximum absolute atomic E-state index is 13.0. The Morgan fingerprint density at radius 3 is 2.45 bits per heavy atom. The maximum Gasteiger partial charge on any atom is 0.271 e. The minimum Gasteiger partial charge on any atom is -0.495 e. The standard InChI is InChI=1S/C22H20ClN3O6S/c1-32-21-11-10-18(14-19(21)23)33(30,31)25-20(12-15-6-3-2-4-7-15)22(27)24-16-8-5-9-17(13-16)26(28)29/h2-11,13-14,20,25H,12H2,1H3,(H,24,27)/t20-/m0/s1. The number of nitro benzene ring substituents is 1. The highest BCUT2D eigenvalue weighted by Crippen LogP contribution is 2.27. The Labute approximate surface area is 195 Å². The monoisotopic (exact) mass is 489 g/mol. The largest absolute Gasteiger partial charge is 0.495 e. The molecule has 11 heteroatoms. The van der Waals surface area contributed by atoms with Crippen LogP contribution in [0.4, 0.5) is 11.4 Å². The second-order valence-corrected chi connectivity index (χ2v) is 9.08. The molecule has 3 aromatic carbocycles. The summed E-state index contributed by atoms with van der Waals surface area (Å²) in [5, 5.41) is 13.7. The second kappa shape index (κ2) is 10.4. The summed E-state index contributed by atoms with van der Waals surface area (Å²) in [7, 11) is -2.74. The van der Waals surface area contributed by atoms with Crippen LogP contribution in [0.5, 0.6) is 5.75 Å². The van der Waals surface area contributed by atoms with Crippen molar-refractivity contribution in [2.45, 2.75) is 17.4 Å². The number of nitrogens with one attached hydrogen (secondary N) is 2. The number of hydrogen-bond acceptors (Lipinski definition) is 6. The number of carbonyl (C=O) groups is 1. The number of rotatable bonds is 9. The average Bonchev–Trinajstić information content (AvgIpc) is 2.79. The number of amides is 1. The molecule has 33 heavy (non-hydrogen) atoms. The molecule has 0 saturated carbocycles. The molecule has 3 aromatic rings. The highest BCUT2D eigenvalue weighted by atomic mass is 35.5. The van der Waals surface area contributed by atoms with Crippen LogP contribution in [-0.4, -0.2) is 32.4 Å². The molecular weight excluding hydrogens is 470 g/mol. The Kier molecular flexibility index (Phi) is 7.64. The van der Waals surface area contributed by atoms with Crippen LogP contribution in [0.3, 0.4) is 0 Å². The van der Waals surface area contributed by atoms with Gasteiger partial charge in [0.15, 0.2) is 0 Å². The number of sulfonamides is 1. The fourth-order valence-corrected chi connectivity index (χ4v) is 4.58. The number of nitro groups is 1. The molecule has 172 valence electrons. The van der Waals surface area contributed by atoms with Gasteiger partial charge in [-0.1, -0.05) is 48.0 Å². The molecule has 0 heterocycles. The summed E-state index contributed by atoms with van der Waals surface area (Å²) in [6.07, 6.45) is 0.0463. The molecule has 0 aromatic heterocycles. The lowest BCUT2D eigenvalue weighted by molar-refractivity contribution is -0.384. The molecule has 0 spiro atoms. The van der Waals surface area contributed by atoms with Gasteiger partial charge in [0.25, 0.3) is 5.69 Å². The average molecular weight is 490 g/mol. The van der Waals surface area contributed by atoms with Crippen LogP contribution in [0, 0.1) is 10.1 Å². The molecule has 0 aliphatic heterocycles. The number of benzene rings is 3. The van der Waals surface area contributed by atoms with Gasteiger partial charge in [-0.3, -0.25) is 14.9 Å². The van der Waals surface area contributed by atoms with Crippen molar-refractivity contribution >= 4 is 38.9 Å². The molecule has 3 rings (SSSR count). The maximum atomic E-state index is 13.0. The van der Waals surface area contributed by atoms with Crippen LogP contribution in [0.1, 0.15) is 5.56 Å². The number of non-ortho nitro benzene ring substituents is 1. The number of halogens is 1. The molecular formula is C22H20ClN3O6S. The van der Waals surface area contributed by atoms with Crippen LogP contribution in [0.15, 0.2) is 77.7 Å². The van der Waals surface area contributed by atoms with E-state index >= 15 is 0 Å². The minimum absolute atomic E-state index is 0.0463. The quantitative estimate of drug-likeness (QED) is 0.347. The van der Waals surface area contributed by atoms with E-state index in [2.05, 4.69) is 10.0 Å². The number of nitrogens with zero attached hydrogens (tertiary/aromatic N) is 1. The molecule has 9 nitrogen and oxygen atoms in total. The fraction of sp³-hybridized carbons (Fsp3) is 0.136. The third kappa shape index (κ3) is 6.28. The highest BCUT2D eigenvalue weighted by Gasteiger charge is 2.27. The Morgan fingerprint density at radius 2 is 1.82 bits per heavy atom. The SMILES string of the molecule is COc1ccc(S(=O)(=O)N[C@@H](Cc2ccccc2)C(=O)Nc2cccc([N+](=O)[O-])c2)cc1Cl. The van der Waals surface area contributed by atoms with Gasteiger partial charge in [0.2, 0.25) is 15.9 Å². The van der Waals surface area contributed by atoms with Gasteiger partial charge < -0.3 is 10.1 Å². The Morgan fingerprint density at radius 1 is 1.09 bits per heavy atom. The summed E-state index contributed by atoms with van der Waals surface area (Å²) in [6, 6.07) is 16.9. The van der Waals surface area contributed by atoms with E-state index in [1.54, 1.807) is 30.3 Å². The Balaban J connectivity index is 1.89. The number of hydrogen-bond donors (Lipinski definition) is 2. The van der Waals surface area contributed by atoms with Crippen molar-refractivity contribution in [3.05, 3.63) is 93.5 Å². The molecule has 0 aliphatic rings. The van der Waals surface area contributed by atoms with E-state index in [4.69, 9.17) is 16.3 Å². The number of anilines is 1. The topological polar surface area (TPSA) is 128 Å². The second-order valence-electron chi connectivity index (χ2n) is 6.96. The van der Waals surface area contributed by atoms with Gasteiger partial charge in [-0.15, -0.1) is 0 Å². The summed E-state index contributed by atoms with van der Waals surface area (Å²) in [5.41, 5.74) is 0.673. The first-order valence-electron chi connectivity index (χ1n) is 9.65. The number of carbonyl (C=O) groups excluding carboxylic acids is 1. The summed E-state index contributed by atoms with van der Waals surface area (Å²) in [4.78, 5) is 23.3. The van der Waals surface area contributed by atoms with Crippen LogP contribution < -0.4 is 14.8 Å². The first kappa shape index (κ1) is 24.2. The molecule has 1 amide bonds. The normalized spacial score (nSPS) is 12.1. The predicted molar refractivity (Wildman–Crippen MR) is 124 cm³/mol. The van der Waals surface area contributed by atoms with E-state index < -0.39 is 26.9 Å². The zero-order chi connectivity index (χ0) is 24.0. The molecule has 0 unspecified atom stereocenters. The predicted octanol–water partition coefficient (Wildman–Crippen LogP) is 3.79. The van der Waals surface area contributed by atoms with Crippen molar-refractivity contribution in [3.63, 3.8) is 0 Å². The third-order valence-corrected chi connectivity index (χ3v) is 6.42. The van der Waals surface area contributed by atoms with Gasteiger partial charge in [0.1, 0.15) is 11.8 Å². The zero-order valence-corrected chi connectivity index (χ0v) is 19.0. The van der Waals surface area contributed by atoms with E-state index in [0.29, 0.717) is 11.3 Å². The lowest BCUT2D eigenvalue weighted by atomic mass is 10.1. The molecule has 0 aliphatic carbocycles. The summed E-state index contributed by atoms with van der Waals surface area (Å²) in [6.45, 7) is 0. The van der Waals surface area contributed by atoms with Gasteiger partial charge >= 0.3 is 0 Å². The van der Waals surface area contributed by atoms with E-state index in [0.717, 1.165) is 0 Å². The first-order chi connectivity index (χ1) is 15.7. The number of ether oxygens (including phenoxy) is 1. The third-order valence-electron chi connectivity index (χ3n) is 4.65. The lowest BCUT2D eigenvalue weighted by Gasteiger charge is -2.19. The first-order valence-corrected chi connectivity index (χ1v) is 11.5. The van der Waals surface area contributed by atoms with Crippen LogP contribution >= 0.6 is 11.6 Å². The Hall–Kier alpha value is -3.47. The summed E-state index contributed by atoms with van der Waals surface area (Å²) < 4.78 is 33.5.